The van der Waals surface area contributed by atoms with Gasteiger partial charge in [0, 0.05) is 24.8 Å². The fourth-order valence-electron chi connectivity index (χ4n) is 1.58. The van der Waals surface area contributed by atoms with Crippen LogP contribution in [0.1, 0.15) is 46.6 Å². The quantitative estimate of drug-likeness (QED) is 0.823. The van der Waals surface area contributed by atoms with Gasteiger partial charge in [-0.25, -0.2) is 0 Å². The summed E-state index contributed by atoms with van der Waals surface area (Å²) in [5.74, 6) is 0.0464. The summed E-state index contributed by atoms with van der Waals surface area (Å²) in [7, 11) is 0. The van der Waals surface area contributed by atoms with E-state index in [4.69, 9.17) is 0 Å². The van der Waals surface area contributed by atoms with Crippen LogP contribution in [0.2, 0.25) is 0 Å². The van der Waals surface area contributed by atoms with Crippen molar-refractivity contribution in [1.82, 2.24) is 20.4 Å². The van der Waals surface area contributed by atoms with Crippen LogP contribution in [0, 0.1) is 0 Å². The molecule has 1 atom stereocenters. The third-order valence-electron chi connectivity index (χ3n) is 2.88. The average molecular weight is 266 g/mol. The molecule has 2 N–H and O–H groups in total. The van der Waals surface area contributed by atoms with E-state index in [0.29, 0.717) is 6.54 Å². The Balaban J connectivity index is 2.44. The lowest BCUT2D eigenvalue weighted by atomic mass is 10.1. The molecule has 0 aliphatic heterocycles. The molecule has 0 radical (unpaired) electrons. The number of amides is 1. The fraction of sp³-hybridized carbons (Fsp3) is 0.714. The first-order valence-corrected chi connectivity index (χ1v) is 6.89. The van der Waals surface area contributed by atoms with Crippen molar-refractivity contribution < 1.29 is 4.79 Å². The van der Waals surface area contributed by atoms with Crippen molar-refractivity contribution >= 4 is 5.91 Å². The summed E-state index contributed by atoms with van der Waals surface area (Å²) in [5.41, 5.74) is 1.08. The highest BCUT2D eigenvalue weighted by Crippen LogP contribution is 2.13. The van der Waals surface area contributed by atoms with Crippen LogP contribution < -0.4 is 10.6 Å². The van der Waals surface area contributed by atoms with Gasteiger partial charge in [0.2, 0.25) is 5.91 Å². The van der Waals surface area contributed by atoms with E-state index in [2.05, 4.69) is 36.5 Å². The van der Waals surface area contributed by atoms with Gasteiger partial charge in [0.15, 0.2) is 0 Å². The van der Waals surface area contributed by atoms with Crippen LogP contribution in [0.4, 0.5) is 0 Å². The molecular formula is C14H26N4O. The zero-order chi connectivity index (χ0) is 14.5. The maximum Gasteiger partial charge on any atom is 0.236 e. The minimum Gasteiger partial charge on any atom is -0.355 e. The SMILES string of the molecule is CCCNC(=O)C(C)NCc1cnn(C(C)(C)C)c1. The third-order valence-corrected chi connectivity index (χ3v) is 2.88. The summed E-state index contributed by atoms with van der Waals surface area (Å²) >= 11 is 0. The molecule has 108 valence electrons. The van der Waals surface area contributed by atoms with Gasteiger partial charge in [-0.3, -0.25) is 9.48 Å². The summed E-state index contributed by atoms with van der Waals surface area (Å²) in [6.07, 6.45) is 4.81. The van der Waals surface area contributed by atoms with E-state index in [1.54, 1.807) is 0 Å². The number of hydrogen-bond acceptors (Lipinski definition) is 3. The molecule has 19 heavy (non-hydrogen) atoms. The zero-order valence-corrected chi connectivity index (χ0v) is 12.7. The lowest BCUT2D eigenvalue weighted by molar-refractivity contribution is -0.122. The van der Waals surface area contributed by atoms with Gasteiger partial charge in [0.05, 0.1) is 17.8 Å². The van der Waals surface area contributed by atoms with E-state index >= 15 is 0 Å². The Morgan fingerprint density at radius 1 is 1.47 bits per heavy atom. The van der Waals surface area contributed by atoms with Gasteiger partial charge in [-0.15, -0.1) is 0 Å². The molecule has 0 aliphatic rings. The first kappa shape index (κ1) is 15.7. The maximum absolute atomic E-state index is 11.7. The highest BCUT2D eigenvalue weighted by atomic mass is 16.2. The van der Waals surface area contributed by atoms with Gasteiger partial charge in [0.25, 0.3) is 0 Å². The summed E-state index contributed by atoms with van der Waals surface area (Å²) in [6.45, 7) is 11.6. The molecule has 0 saturated heterocycles. The molecule has 5 nitrogen and oxygen atoms in total. The predicted molar refractivity (Wildman–Crippen MR) is 76.8 cm³/mol. The van der Waals surface area contributed by atoms with E-state index < -0.39 is 0 Å². The largest absolute Gasteiger partial charge is 0.355 e. The molecule has 1 heterocycles. The Morgan fingerprint density at radius 2 is 2.16 bits per heavy atom. The molecule has 5 heteroatoms. The van der Waals surface area contributed by atoms with Crippen LogP contribution in [0.3, 0.4) is 0 Å². The molecule has 0 bridgehead atoms. The van der Waals surface area contributed by atoms with Crippen molar-refractivity contribution in [3.8, 4) is 0 Å². The van der Waals surface area contributed by atoms with Crippen molar-refractivity contribution in [3.05, 3.63) is 18.0 Å². The normalized spacial score (nSPS) is 13.3. The second kappa shape index (κ2) is 6.70. The van der Waals surface area contributed by atoms with Crippen LogP contribution in [0.5, 0.6) is 0 Å². The van der Waals surface area contributed by atoms with E-state index in [0.717, 1.165) is 18.5 Å². The molecule has 1 rings (SSSR count). The molecule has 1 unspecified atom stereocenters. The Kier molecular flexibility index (Phi) is 5.54. The molecule has 0 fully saturated rings. The molecule has 1 aromatic heterocycles. The number of carbonyl (C=O) groups excluding carboxylic acids is 1. The number of rotatable bonds is 6. The number of aromatic nitrogens is 2. The molecular weight excluding hydrogens is 240 g/mol. The van der Waals surface area contributed by atoms with Crippen molar-refractivity contribution in [2.75, 3.05) is 6.54 Å². The van der Waals surface area contributed by atoms with Gasteiger partial charge in [0.1, 0.15) is 0 Å². The van der Waals surface area contributed by atoms with E-state index in [9.17, 15) is 4.79 Å². The standard InChI is InChI=1S/C14H26N4O/c1-6-7-15-13(19)11(2)16-8-12-9-17-18(10-12)14(3,4)5/h9-11,16H,6-8H2,1-5H3,(H,15,19). The monoisotopic (exact) mass is 266 g/mol. The van der Waals surface area contributed by atoms with Gasteiger partial charge in [-0.05, 0) is 34.1 Å². The second-order valence-electron chi connectivity index (χ2n) is 5.86. The van der Waals surface area contributed by atoms with Gasteiger partial charge >= 0.3 is 0 Å². The number of nitrogens with one attached hydrogen (secondary N) is 2. The first-order chi connectivity index (χ1) is 8.84. The minimum atomic E-state index is -0.190. The zero-order valence-electron chi connectivity index (χ0n) is 12.7. The molecule has 0 aliphatic carbocycles. The van der Waals surface area contributed by atoms with E-state index in [1.165, 1.54) is 0 Å². The van der Waals surface area contributed by atoms with Crippen LogP contribution in [0.25, 0.3) is 0 Å². The average Bonchev–Trinajstić information content (AvgIpc) is 2.81. The highest BCUT2D eigenvalue weighted by Gasteiger charge is 2.15. The molecule has 0 aromatic carbocycles. The lowest BCUT2D eigenvalue weighted by Crippen LogP contribution is -2.42. The highest BCUT2D eigenvalue weighted by molar-refractivity contribution is 5.81. The Hall–Kier alpha value is -1.36. The van der Waals surface area contributed by atoms with Crippen LogP contribution >= 0.6 is 0 Å². The smallest absolute Gasteiger partial charge is 0.236 e. The Morgan fingerprint density at radius 3 is 2.68 bits per heavy atom. The van der Waals surface area contributed by atoms with Crippen molar-refractivity contribution in [2.45, 2.75) is 59.2 Å². The van der Waals surface area contributed by atoms with Crippen LogP contribution in [-0.2, 0) is 16.9 Å². The molecule has 1 aromatic rings. The van der Waals surface area contributed by atoms with Crippen LogP contribution in [-0.4, -0.2) is 28.3 Å². The summed E-state index contributed by atoms with van der Waals surface area (Å²) in [6, 6.07) is -0.190. The number of nitrogens with zero attached hydrogens (tertiary/aromatic N) is 2. The Bertz CT molecular complexity index is 406. The summed E-state index contributed by atoms with van der Waals surface area (Å²) in [5, 5.41) is 10.4. The van der Waals surface area contributed by atoms with Gasteiger partial charge in [-0.1, -0.05) is 6.92 Å². The predicted octanol–water partition coefficient (Wildman–Crippen LogP) is 1.64. The second-order valence-corrected chi connectivity index (χ2v) is 5.86. The topological polar surface area (TPSA) is 59.0 Å². The molecule has 0 spiro atoms. The first-order valence-electron chi connectivity index (χ1n) is 6.89. The number of carbonyl (C=O) groups is 1. The number of hydrogen-bond donors (Lipinski definition) is 2. The van der Waals surface area contributed by atoms with Gasteiger partial charge < -0.3 is 10.6 Å². The maximum atomic E-state index is 11.7. The third kappa shape index (κ3) is 5.03. The van der Waals surface area contributed by atoms with Crippen molar-refractivity contribution in [2.24, 2.45) is 0 Å². The van der Waals surface area contributed by atoms with Crippen molar-refractivity contribution in [3.63, 3.8) is 0 Å². The minimum absolute atomic E-state index is 0.0115. The van der Waals surface area contributed by atoms with Gasteiger partial charge in [-0.2, -0.15) is 5.10 Å². The van der Waals surface area contributed by atoms with E-state index in [1.807, 2.05) is 30.9 Å². The summed E-state index contributed by atoms with van der Waals surface area (Å²) < 4.78 is 1.94. The summed E-state index contributed by atoms with van der Waals surface area (Å²) in [4.78, 5) is 11.7. The molecule has 0 saturated carbocycles. The fourth-order valence-corrected chi connectivity index (χ4v) is 1.58. The van der Waals surface area contributed by atoms with Crippen molar-refractivity contribution in [1.29, 1.82) is 0 Å². The van der Waals surface area contributed by atoms with E-state index in [-0.39, 0.29) is 17.5 Å². The van der Waals surface area contributed by atoms with Crippen LogP contribution in [0.15, 0.2) is 12.4 Å². The lowest BCUT2D eigenvalue weighted by Gasteiger charge is -2.18. The Labute approximate surface area is 115 Å². The molecule has 1 amide bonds.